The molecule has 0 saturated carbocycles. The summed E-state index contributed by atoms with van der Waals surface area (Å²) in [6, 6.07) is 18.1. The Kier molecular flexibility index (Phi) is 7.29. The lowest BCUT2D eigenvalue weighted by molar-refractivity contribution is 0.0787. The molecule has 1 aromatic heterocycles. The minimum atomic E-state index is -0.302. The predicted molar refractivity (Wildman–Crippen MR) is 145 cm³/mol. The van der Waals surface area contributed by atoms with Crippen LogP contribution in [0.1, 0.15) is 39.1 Å². The fourth-order valence-electron chi connectivity index (χ4n) is 3.98. The quantitative estimate of drug-likeness (QED) is 0.258. The summed E-state index contributed by atoms with van der Waals surface area (Å²) in [6.07, 6.45) is 2.00. The minimum absolute atomic E-state index is 0.0892. The summed E-state index contributed by atoms with van der Waals surface area (Å²) in [6.45, 7) is 1.48. The van der Waals surface area contributed by atoms with E-state index in [1.54, 1.807) is 53.4 Å². The molecule has 1 aliphatic rings. The van der Waals surface area contributed by atoms with Crippen LogP contribution >= 0.6 is 46.3 Å². The number of amides is 2. The highest BCUT2D eigenvalue weighted by atomic mass is 35.5. The van der Waals surface area contributed by atoms with Gasteiger partial charge in [0.1, 0.15) is 0 Å². The van der Waals surface area contributed by atoms with Crippen molar-refractivity contribution in [3.8, 4) is 0 Å². The molecule has 5 nitrogen and oxygen atoms in total. The van der Waals surface area contributed by atoms with Gasteiger partial charge in [-0.05, 0) is 60.9 Å². The Hall–Kier alpha value is -2.58. The van der Waals surface area contributed by atoms with Crippen LogP contribution in [0, 0.1) is 0 Å². The van der Waals surface area contributed by atoms with Crippen molar-refractivity contribution >= 4 is 74.0 Å². The molecular formula is C26H21Cl2N3O2S2. The molecule has 0 bridgehead atoms. The molecule has 178 valence electrons. The van der Waals surface area contributed by atoms with Gasteiger partial charge in [0.2, 0.25) is 0 Å². The lowest BCUT2D eigenvalue weighted by Gasteiger charge is -2.17. The zero-order valence-electron chi connectivity index (χ0n) is 18.6. The number of hydrogen-bond donors (Lipinski definition) is 1. The highest BCUT2D eigenvalue weighted by Crippen LogP contribution is 2.34. The molecule has 1 saturated heterocycles. The molecule has 3 aromatic carbocycles. The van der Waals surface area contributed by atoms with Gasteiger partial charge in [-0.15, -0.1) is 11.3 Å². The summed E-state index contributed by atoms with van der Waals surface area (Å²) in [5, 5.41) is 4.20. The summed E-state index contributed by atoms with van der Waals surface area (Å²) in [7, 11) is 0. The van der Waals surface area contributed by atoms with Crippen molar-refractivity contribution in [3.63, 3.8) is 0 Å². The van der Waals surface area contributed by atoms with E-state index in [1.807, 2.05) is 35.2 Å². The third-order valence-corrected chi connectivity index (χ3v) is 8.59. The molecule has 0 atom stereocenters. The molecule has 2 heterocycles. The number of halogens is 2. The summed E-state index contributed by atoms with van der Waals surface area (Å²) >= 11 is 15.4. The maximum absolute atomic E-state index is 13.1. The highest BCUT2D eigenvalue weighted by Gasteiger charge is 2.24. The lowest BCUT2D eigenvalue weighted by Crippen LogP contribution is -2.29. The van der Waals surface area contributed by atoms with Gasteiger partial charge >= 0.3 is 0 Å². The zero-order valence-corrected chi connectivity index (χ0v) is 21.7. The van der Waals surface area contributed by atoms with Crippen molar-refractivity contribution < 1.29 is 9.59 Å². The van der Waals surface area contributed by atoms with Gasteiger partial charge in [0, 0.05) is 34.6 Å². The van der Waals surface area contributed by atoms with Gasteiger partial charge in [-0.3, -0.25) is 9.59 Å². The van der Waals surface area contributed by atoms with Gasteiger partial charge in [-0.2, -0.15) is 0 Å². The Morgan fingerprint density at radius 2 is 1.77 bits per heavy atom. The molecule has 1 fully saturated rings. The average molecular weight is 543 g/mol. The van der Waals surface area contributed by atoms with E-state index >= 15 is 0 Å². The lowest BCUT2D eigenvalue weighted by atomic mass is 10.1. The fourth-order valence-corrected chi connectivity index (χ4v) is 6.64. The molecule has 0 aliphatic carbocycles. The van der Waals surface area contributed by atoms with Gasteiger partial charge in [0.25, 0.3) is 11.8 Å². The number of carbonyl (C=O) groups excluding carboxylic acids is 2. The van der Waals surface area contributed by atoms with E-state index in [9.17, 15) is 9.59 Å². The Balaban J connectivity index is 1.30. The largest absolute Gasteiger partial charge is 0.339 e. The van der Waals surface area contributed by atoms with Crippen molar-refractivity contribution in [1.82, 2.24) is 9.88 Å². The number of aromatic nitrogens is 1. The molecule has 2 amide bonds. The van der Waals surface area contributed by atoms with Crippen LogP contribution in [-0.4, -0.2) is 34.8 Å². The second-order valence-corrected chi connectivity index (χ2v) is 11.3. The monoisotopic (exact) mass is 541 g/mol. The molecule has 1 aliphatic heterocycles. The molecule has 35 heavy (non-hydrogen) atoms. The van der Waals surface area contributed by atoms with Crippen molar-refractivity contribution in [2.75, 3.05) is 18.4 Å². The first-order chi connectivity index (χ1) is 17.0. The molecule has 0 radical (unpaired) electrons. The van der Waals surface area contributed by atoms with Crippen LogP contribution < -0.4 is 5.32 Å². The number of hydrogen-bond acceptors (Lipinski definition) is 5. The third-order valence-electron chi connectivity index (χ3n) is 5.79. The number of benzene rings is 3. The first-order valence-corrected chi connectivity index (χ1v) is 13.7. The van der Waals surface area contributed by atoms with Crippen LogP contribution in [0.5, 0.6) is 0 Å². The number of fused-ring (bicyclic) bond motifs is 1. The third kappa shape index (κ3) is 5.48. The van der Waals surface area contributed by atoms with Crippen LogP contribution in [0.15, 0.2) is 65.0 Å². The molecule has 0 spiro atoms. The SMILES string of the molecule is O=C(Nc1ccc2nc(SCc3ccc(Cl)cc3Cl)sc2c1)c1ccccc1C(=O)N1CCCC1. The summed E-state index contributed by atoms with van der Waals surface area (Å²) in [5.74, 6) is 0.291. The Bertz CT molecular complexity index is 1420. The molecule has 1 N–H and O–H groups in total. The minimum Gasteiger partial charge on any atom is -0.339 e. The maximum atomic E-state index is 13.1. The van der Waals surface area contributed by atoms with E-state index in [0.717, 1.165) is 46.1 Å². The number of anilines is 1. The summed E-state index contributed by atoms with van der Waals surface area (Å²) < 4.78 is 1.88. The maximum Gasteiger partial charge on any atom is 0.256 e. The van der Waals surface area contributed by atoms with Crippen LogP contribution in [0.3, 0.4) is 0 Å². The van der Waals surface area contributed by atoms with E-state index in [0.29, 0.717) is 32.6 Å². The molecular weight excluding hydrogens is 521 g/mol. The number of rotatable bonds is 6. The van der Waals surface area contributed by atoms with Crippen LogP contribution in [0.2, 0.25) is 10.0 Å². The normalized spacial score (nSPS) is 13.4. The second kappa shape index (κ2) is 10.6. The first kappa shape index (κ1) is 24.1. The van der Waals surface area contributed by atoms with E-state index in [-0.39, 0.29) is 11.8 Å². The molecule has 0 unspecified atom stereocenters. The Labute approximate surface area is 221 Å². The molecule has 5 rings (SSSR count). The van der Waals surface area contributed by atoms with Gasteiger partial charge in [0.15, 0.2) is 4.34 Å². The van der Waals surface area contributed by atoms with E-state index in [1.165, 1.54) is 0 Å². The van der Waals surface area contributed by atoms with E-state index in [2.05, 4.69) is 10.3 Å². The standard InChI is InChI=1S/C26H21Cl2N3O2S2/c27-17-8-7-16(21(28)13-17)15-34-26-30-22-10-9-18(14-23(22)35-26)29-24(32)19-5-1-2-6-20(19)25(33)31-11-3-4-12-31/h1-2,5-10,13-14H,3-4,11-12,15H2,(H,29,32). The first-order valence-electron chi connectivity index (χ1n) is 11.1. The Morgan fingerprint density at radius 3 is 2.54 bits per heavy atom. The fraction of sp³-hybridized carbons (Fsp3) is 0.192. The number of likely N-dealkylation sites (tertiary alicyclic amines) is 1. The van der Waals surface area contributed by atoms with Gasteiger partial charge in [-0.25, -0.2) is 4.98 Å². The second-order valence-electron chi connectivity index (χ2n) is 8.19. The van der Waals surface area contributed by atoms with Crippen molar-refractivity contribution in [1.29, 1.82) is 0 Å². The topological polar surface area (TPSA) is 62.3 Å². The van der Waals surface area contributed by atoms with Gasteiger partial charge in [-0.1, -0.05) is 53.2 Å². The van der Waals surface area contributed by atoms with E-state index < -0.39 is 0 Å². The summed E-state index contributed by atoms with van der Waals surface area (Å²) in [4.78, 5) is 32.5. The zero-order chi connectivity index (χ0) is 24.4. The number of thioether (sulfide) groups is 1. The van der Waals surface area contributed by atoms with Crippen molar-refractivity contribution in [2.24, 2.45) is 0 Å². The predicted octanol–water partition coefficient (Wildman–Crippen LogP) is 7.38. The van der Waals surface area contributed by atoms with Crippen LogP contribution in [0.4, 0.5) is 5.69 Å². The van der Waals surface area contributed by atoms with Crippen LogP contribution in [-0.2, 0) is 5.75 Å². The van der Waals surface area contributed by atoms with Crippen molar-refractivity contribution in [3.05, 3.63) is 87.4 Å². The van der Waals surface area contributed by atoms with Gasteiger partial charge < -0.3 is 10.2 Å². The smallest absolute Gasteiger partial charge is 0.256 e. The molecule has 4 aromatic rings. The number of nitrogens with one attached hydrogen (secondary N) is 1. The number of nitrogens with zero attached hydrogens (tertiary/aromatic N) is 2. The molecule has 9 heteroatoms. The van der Waals surface area contributed by atoms with Gasteiger partial charge in [0.05, 0.1) is 21.3 Å². The average Bonchev–Trinajstić information content (AvgIpc) is 3.53. The Morgan fingerprint density at radius 1 is 1.00 bits per heavy atom. The summed E-state index contributed by atoms with van der Waals surface area (Å²) in [5.41, 5.74) is 3.33. The van der Waals surface area contributed by atoms with Crippen LogP contribution in [0.25, 0.3) is 10.2 Å². The number of thiazole rings is 1. The highest BCUT2D eigenvalue weighted by molar-refractivity contribution is 8.00. The number of carbonyl (C=O) groups is 2. The van der Waals surface area contributed by atoms with Crippen molar-refractivity contribution in [2.45, 2.75) is 22.9 Å². The van der Waals surface area contributed by atoms with E-state index in [4.69, 9.17) is 23.2 Å².